The Bertz CT molecular complexity index is 430. The first-order chi connectivity index (χ1) is 11.0. The van der Waals surface area contributed by atoms with Crippen LogP contribution in [-0.2, 0) is 0 Å². The Hall–Kier alpha value is -0.560. The van der Waals surface area contributed by atoms with Crippen molar-refractivity contribution >= 4 is 0 Å². The quantitative estimate of drug-likeness (QED) is 0.372. The molecule has 0 aromatic carbocycles. The van der Waals surface area contributed by atoms with Crippen LogP contribution in [0.15, 0.2) is 23.8 Å². The average Bonchev–Trinajstić information content (AvgIpc) is 2.45. The normalized spacial score (nSPS) is 25.0. The molecular formula is C23H42O. The minimum atomic E-state index is -0.422. The SMILES string of the molecule is CCCCCCCCCC1(C(C)(C)C)C=CC(O)C(C(C)(C)C)=C1. The van der Waals surface area contributed by atoms with Crippen LogP contribution >= 0.6 is 0 Å². The van der Waals surface area contributed by atoms with Gasteiger partial charge in [-0.2, -0.15) is 0 Å². The molecule has 24 heavy (non-hydrogen) atoms. The summed E-state index contributed by atoms with van der Waals surface area (Å²) in [7, 11) is 0. The van der Waals surface area contributed by atoms with Crippen molar-refractivity contribution in [2.24, 2.45) is 16.2 Å². The molecule has 1 aliphatic rings. The second kappa shape index (κ2) is 8.70. The first-order valence-electron chi connectivity index (χ1n) is 10.1. The number of rotatable bonds is 8. The molecule has 0 aromatic rings. The summed E-state index contributed by atoms with van der Waals surface area (Å²) in [6.45, 7) is 15.9. The van der Waals surface area contributed by atoms with Crippen LogP contribution in [0.25, 0.3) is 0 Å². The fraction of sp³-hybridized carbons (Fsp3) is 0.826. The summed E-state index contributed by atoms with van der Waals surface area (Å²) in [6, 6.07) is 0. The Morgan fingerprint density at radius 1 is 0.917 bits per heavy atom. The molecule has 2 atom stereocenters. The second-order valence-electron chi connectivity index (χ2n) is 9.82. The Balaban J connectivity index is 2.78. The van der Waals surface area contributed by atoms with Gasteiger partial charge in [-0.25, -0.2) is 0 Å². The van der Waals surface area contributed by atoms with E-state index in [9.17, 15) is 5.11 Å². The third kappa shape index (κ3) is 5.76. The third-order valence-electron chi connectivity index (χ3n) is 5.76. The van der Waals surface area contributed by atoms with Gasteiger partial charge in [0.05, 0.1) is 6.10 Å². The molecule has 1 N–H and O–H groups in total. The minimum Gasteiger partial charge on any atom is -0.385 e. The van der Waals surface area contributed by atoms with E-state index < -0.39 is 6.10 Å². The second-order valence-corrected chi connectivity index (χ2v) is 9.82. The van der Waals surface area contributed by atoms with Crippen molar-refractivity contribution < 1.29 is 5.11 Å². The zero-order valence-corrected chi connectivity index (χ0v) is 17.4. The zero-order chi connectivity index (χ0) is 18.4. The van der Waals surface area contributed by atoms with Crippen molar-refractivity contribution in [3.05, 3.63) is 23.8 Å². The monoisotopic (exact) mass is 334 g/mol. The van der Waals surface area contributed by atoms with Gasteiger partial charge in [0.15, 0.2) is 0 Å². The van der Waals surface area contributed by atoms with Gasteiger partial charge in [0.2, 0.25) is 0 Å². The van der Waals surface area contributed by atoms with Crippen LogP contribution in [0.2, 0.25) is 0 Å². The van der Waals surface area contributed by atoms with E-state index in [1.165, 1.54) is 56.9 Å². The maximum absolute atomic E-state index is 10.4. The standard InChI is InChI=1S/C23H42O/c1-8-9-10-11-12-13-14-16-23(22(5,6)7)17-15-20(24)19(18-23)21(2,3)4/h15,17-18,20,24H,8-14,16H2,1-7H3. The van der Waals surface area contributed by atoms with Gasteiger partial charge in [0, 0.05) is 5.41 Å². The predicted molar refractivity (Wildman–Crippen MR) is 107 cm³/mol. The van der Waals surface area contributed by atoms with Crippen molar-refractivity contribution in [2.75, 3.05) is 0 Å². The highest BCUT2D eigenvalue weighted by Crippen LogP contribution is 2.50. The maximum atomic E-state index is 10.4. The molecule has 1 aliphatic carbocycles. The number of hydrogen-bond donors (Lipinski definition) is 1. The summed E-state index contributed by atoms with van der Waals surface area (Å²) in [5.74, 6) is 0. The van der Waals surface area contributed by atoms with E-state index in [1.807, 2.05) is 6.08 Å². The topological polar surface area (TPSA) is 20.2 Å². The van der Waals surface area contributed by atoms with Crippen molar-refractivity contribution in [1.82, 2.24) is 0 Å². The molecule has 0 amide bonds. The van der Waals surface area contributed by atoms with Gasteiger partial charge < -0.3 is 5.11 Å². The van der Waals surface area contributed by atoms with Crippen molar-refractivity contribution in [3.8, 4) is 0 Å². The Morgan fingerprint density at radius 2 is 1.46 bits per heavy atom. The highest BCUT2D eigenvalue weighted by atomic mass is 16.3. The number of aliphatic hydroxyl groups excluding tert-OH is 1. The molecule has 0 saturated heterocycles. The van der Waals surface area contributed by atoms with Gasteiger partial charge in [-0.1, -0.05) is 112 Å². The molecule has 1 nitrogen and oxygen atoms in total. The summed E-state index contributed by atoms with van der Waals surface area (Å²) in [4.78, 5) is 0. The molecule has 1 rings (SSSR count). The lowest BCUT2D eigenvalue weighted by Gasteiger charge is -2.45. The molecule has 0 heterocycles. The molecule has 0 aliphatic heterocycles. The van der Waals surface area contributed by atoms with Gasteiger partial charge >= 0.3 is 0 Å². The van der Waals surface area contributed by atoms with Gasteiger partial charge in [0.1, 0.15) is 0 Å². The van der Waals surface area contributed by atoms with Crippen LogP contribution in [0.5, 0.6) is 0 Å². The fourth-order valence-electron chi connectivity index (χ4n) is 3.81. The molecular weight excluding hydrogens is 292 g/mol. The fourth-order valence-corrected chi connectivity index (χ4v) is 3.81. The highest BCUT2D eigenvalue weighted by Gasteiger charge is 2.41. The number of aliphatic hydroxyl groups is 1. The number of allylic oxidation sites excluding steroid dienone is 2. The van der Waals surface area contributed by atoms with Gasteiger partial charge in [0.25, 0.3) is 0 Å². The Kier molecular flexibility index (Phi) is 7.78. The number of hydrogen-bond acceptors (Lipinski definition) is 1. The van der Waals surface area contributed by atoms with E-state index in [0.717, 1.165) is 0 Å². The van der Waals surface area contributed by atoms with Gasteiger partial charge in [-0.05, 0) is 22.8 Å². The molecule has 0 fully saturated rings. The summed E-state index contributed by atoms with van der Waals surface area (Å²) in [5.41, 5.74) is 1.43. The molecule has 1 heteroatoms. The molecule has 140 valence electrons. The average molecular weight is 335 g/mol. The lowest BCUT2D eigenvalue weighted by Crippen LogP contribution is -2.37. The van der Waals surface area contributed by atoms with Crippen LogP contribution in [0, 0.1) is 16.2 Å². The van der Waals surface area contributed by atoms with Crippen molar-refractivity contribution in [1.29, 1.82) is 0 Å². The maximum Gasteiger partial charge on any atom is 0.0937 e. The van der Waals surface area contributed by atoms with E-state index in [1.54, 1.807) is 0 Å². The molecule has 0 spiro atoms. The smallest absolute Gasteiger partial charge is 0.0937 e. The van der Waals surface area contributed by atoms with Crippen LogP contribution in [0.3, 0.4) is 0 Å². The van der Waals surface area contributed by atoms with E-state index in [4.69, 9.17) is 0 Å². The Morgan fingerprint density at radius 3 is 1.96 bits per heavy atom. The first kappa shape index (κ1) is 21.5. The highest BCUT2D eigenvalue weighted by molar-refractivity contribution is 5.34. The van der Waals surface area contributed by atoms with Gasteiger partial charge in [-0.15, -0.1) is 0 Å². The van der Waals surface area contributed by atoms with Crippen LogP contribution in [0.1, 0.15) is 99.8 Å². The van der Waals surface area contributed by atoms with E-state index in [0.29, 0.717) is 0 Å². The van der Waals surface area contributed by atoms with Crippen molar-refractivity contribution in [3.63, 3.8) is 0 Å². The summed E-state index contributed by atoms with van der Waals surface area (Å²) in [5, 5.41) is 10.4. The largest absolute Gasteiger partial charge is 0.385 e. The first-order valence-corrected chi connectivity index (χ1v) is 10.1. The number of unbranched alkanes of at least 4 members (excludes halogenated alkanes) is 6. The molecule has 0 saturated carbocycles. The van der Waals surface area contributed by atoms with Crippen LogP contribution in [-0.4, -0.2) is 11.2 Å². The van der Waals surface area contributed by atoms with Crippen molar-refractivity contribution in [2.45, 2.75) is 106 Å². The lowest BCUT2D eigenvalue weighted by atomic mass is 9.59. The van der Waals surface area contributed by atoms with Crippen LogP contribution < -0.4 is 0 Å². The summed E-state index contributed by atoms with van der Waals surface area (Å²) < 4.78 is 0. The van der Waals surface area contributed by atoms with Crippen LogP contribution in [0.4, 0.5) is 0 Å². The zero-order valence-electron chi connectivity index (χ0n) is 17.4. The molecule has 0 radical (unpaired) electrons. The third-order valence-corrected chi connectivity index (χ3v) is 5.76. The lowest BCUT2D eigenvalue weighted by molar-refractivity contribution is 0.158. The molecule has 0 aromatic heterocycles. The summed E-state index contributed by atoms with van der Waals surface area (Å²) in [6.07, 6.45) is 16.9. The predicted octanol–water partition coefficient (Wildman–Crippen LogP) is 7.06. The van der Waals surface area contributed by atoms with Gasteiger partial charge in [-0.3, -0.25) is 0 Å². The van der Waals surface area contributed by atoms with E-state index >= 15 is 0 Å². The summed E-state index contributed by atoms with van der Waals surface area (Å²) >= 11 is 0. The Labute approximate surface area is 151 Å². The van der Waals surface area contributed by atoms with E-state index in [-0.39, 0.29) is 16.2 Å². The van der Waals surface area contributed by atoms with E-state index in [2.05, 4.69) is 60.6 Å². The molecule has 2 unspecified atom stereocenters. The minimum absolute atomic E-state index is 0.0147. The molecule has 0 bridgehead atoms.